The lowest BCUT2D eigenvalue weighted by molar-refractivity contribution is -0.122. The van der Waals surface area contributed by atoms with Crippen LogP contribution in [0, 0.1) is 6.92 Å². The highest BCUT2D eigenvalue weighted by molar-refractivity contribution is 7.15. The molecule has 0 saturated heterocycles. The maximum absolute atomic E-state index is 12.1. The number of carbonyl (C=O) groups excluding carboxylic acids is 1. The van der Waals surface area contributed by atoms with E-state index in [-0.39, 0.29) is 5.91 Å². The Kier molecular flexibility index (Phi) is 3.08. The van der Waals surface area contributed by atoms with Crippen LogP contribution in [0.15, 0.2) is 30.5 Å². The summed E-state index contributed by atoms with van der Waals surface area (Å²) in [5.41, 5.74) is 0.914. The zero-order chi connectivity index (χ0) is 13.2. The van der Waals surface area contributed by atoms with Gasteiger partial charge in [-0.25, -0.2) is 4.98 Å². The molecule has 0 bridgehead atoms. The summed E-state index contributed by atoms with van der Waals surface area (Å²) in [5.74, 6) is 0.514. The van der Waals surface area contributed by atoms with Gasteiger partial charge in [-0.05, 0) is 19.1 Å². The predicted molar refractivity (Wildman–Crippen MR) is 74.8 cm³/mol. The minimum absolute atomic E-state index is 0.184. The molecule has 6 heteroatoms. The number of aromatic nitrogens is 1. The molecule has 98 valence electrons. The Balaban J connectivity index is 1.69. The van der Waals surface area contributed by atoms with Crippen molar-refractivity contribution in [3.8, 4) is 5.75 Å². The van der Waals surface area contributed by atoms with Gasteiger partial charge in [-0.2, -0.15) is 0 Å². The van der Waals surface area contributed by atoms with Gasteiger partial charge >= 0.3 is 0 Å². The molecule has 1 aliphatic heterocycles. The normalized spacial score (nSPS) is 17.0. The van der Waals surface area contributed by atoms with Crippen molar-refractivity contribution < 1.29 is 9.53 Å². The molecule has 2 heterocycles. The molecule has 19 heavy (non-hydrogen) atoms. The molecule has 3 rings (SSSR count). The number of aryl methyl sites for hydroxylation is 1. The van der Waals surface area contributed by atoms with Crippen LogP contribution in [0.1, 0.15) is 4.88 Å². The van der Waals surface area contributed by atoms with Gasteiger partial charge < -0.3 is 10.1 Å². The van der Waals surface area contributed by atoms with E-state index in [4.69, 9.17) is 4.74 Å². The summed E-state index contributed by atoms with van der Waals surface area (Å²) in [6, 6.07) is 7.57. The van der Waals surface area contributed by atoms with Crippen LogP contribution in [0.5, 0.6) is 5.75 Å². The van der Waals surface area contributed by atoms with E-state index in [2.05, 4.69) is 15.6 Å². The van der Waals surface area contributed by atoms with E-state index in [0.29, 0.717) is 17.4 Å². The second kappa shape index (κ2) is 4.89. The van der Waals surface area contributed by atoms with Crippen LogP contribution in [0.4, 0.5) is 10.8 Å². The summed E-state index contributed by atoms with van der Waals surface area (Å²) in [5, 5.41) is 6.55. The molecule has 1 atom stereocenters. The van der Waals surface area contributed by atoms with Crippen molar-refractivity contribution in [3.05, 3.63) is 35.3 Å². The van der Waals surface area contributed by atoms with E-state index in [1.54, 1.807) is 6.20 Å². The first kappa shape index (κ1) is 12.0. The number of hydrogen-bond donors (Lipinski definition) is 2. The van der Waals surface area contributed by atoms with E-state index in [1.807, 2.05) is 31.2 Å². The molecule has 0 saturated carbocycles. The van der Waals surface area contributed by atoms with Gasteiger partial charge in [0.05, 0.1) is 12.2 Å². The third-order valence-electron chi connectivity index (χ3n) is 2.78. The first-order valence-electron chi connectivity index (χ1n) is 5.95. The van der Waals surface area contributed by atoms with Gasteiger partial charge in [0.1, 0.15) is 5.75 Å². The van der Waals surface area contributed by atoms with Crippen molar-refractivity contribution in [2.24, 2.45) is 0 Å². The Morgan fingerprint density at radius 1 is 1.53 bits per heavy atom. The van der Waals surface area contributed by atoms with E-state index in [1.165, 1.54) is 11.3 Å². The number of anilines is 2. The highest BCUT2D eigenvalue weighted by Gasteiger charge is 2.26. The summed E-state index contributed by atoms with van der Waals surface area (Å²) in [6.07, 6.45) is 1.19. The second-order valence-corrected chi connectivity index (χ2v) is 5.48. The topological polar surface area (TPSA) is 63.2 Å². The van der Waals surface area contributed by atoms with Gasteiger partial charge in [0.2, 0.25) is 0 Å². The molecular weight excluding hydrogens is 262 g/mol. The highest BCUT2D eigenvalue weighted by Crippen LogP contribution is 2.28. The fourth-order valence-corrected chi connectivity index (χ4v) is 2.53. The summed E-state index contributed by atoms with van der Waals surface area (Å²) < 4.78 is 5.68. The quantitative estimate of drug-likeness (QED) is 0.882. The molecule has 1 aliphatic rings. The molecule has 1 amide bonds. The van der Waals surface area contributed by atoms with Crippen LogP contribution in [0.25, 0.3) is 0 Å². The molecule has 1 aromatic carbocycles. The lowest BCUT2D eigenvalue weighted by Gasteiger charge is -2.26. The maximum Gasteiger partial charge on any atom is 0.269 e. The first-order valence-corrected chi connectivity index (χ1v) is 6.77. The Morgan fingerprint density at radius 2 is 2.37 bits per heavy atom. The SMILES string of the molecule is Cc1cnc(NC(=O)C2CNc3ccccc3O2)s1. The molecule has 0 radical (unpaired) electrons. The standard InChI is InChI=1S/C13H13N3O2S/c1-8-6-15-13(19-8)16-12(17)11-7-14-9-4-2-3-5-10(9)18-11/h2-6,11,14H,7H2,1H3,(H,15,16,17). The van der Waals surface area contributed by atoms with Crippen LogP contribution in [-0.2, 0) is 4.79 Å². The van der Waals surface area contributed by atoms with Crippen molar-refractivity contribution in [1.29, 1.82) is 0 Å². The number of nitrogens with zero attached hydrogens (tertiary/aromatic N) is 1. The van der Waals surface area contributed by atoms with Gasteiger partial charge in [-0.1, -0.05) is 12.1 Å². The number of fused-ring (bicyclic) bond motifs is 1. The van der Waals surface area contributed by atoms with Gasteiger partial charge in [-0.15, -0.1) is 11.3 Å². The van der Waals surface area contributed by atoms with E-state index >= 15 is 0 Å². The molecule has 0 fully saturated rings. The zero-order valence-electron chi connectivity index (χ0n) is 10.3. The number of thiazole rings is 1. The summed E-state index contributed by atoms with van der Waals surface area (Å²) in [4.78, 5) is 17.2. The van der Waals surface area contributed by atoms with Crippen molar-refractivity contribution >= 4 is 28.1 Å². The number of benzene rings is 1. The van der Waals surface area contributed by atoms with Crippen molar-refractivity contribution in [2.75, 3.05) is 17.2 Å². The van der Waals surface area contributed by atoms with Gasteiger partial charge in [0.25, 0.3) is 5.91 Å². The number of nitrogens with one attached hydrogen (secondary N) is 2. The van der Waals surface area contributed by atoms with Gasteiger partial charge in [-0.3, -0.25) is 10.1 Å². The highest BCUT2D eigenvalue weighted by atomic mass is 32.1. The average Bonchev–Trinajstić information content (AvgIpc) is 2.83. The Labute approximate surface area is 114 Å². The summed E-state index contributed by atoms with van der Waals surface area (Å²) in [6.45, 7) is 2.40. The third-order valence-corrected chi connectivity index (χ3v) is 3.61. The largest absolute Gasteiger partial charge is 0.477 e. The van der Waals surface area contributed by atoms with E-state index in [0.717, 1.165) is 10.6 Å². The fraction of sp³-hybridized carbons (Fsp3) is 0.231. The van der Waals surface area contributed by atoms with E-state index < -0.39 is 6.10 Å². The van der Waals surface area contributed by atoms with Crippen molar-refractivity contribution in [2.45, 2.75) is 13.0 Å². The molecule has 0 spiro atoms. The van der Waals surface area contributed by atoms with Crippen LogP contribution in [0.2, 0.25) is 0 Å². The molecular formula is C13H13N3O2S. The Bertz CT molecular complexity index is 611. The monoisotopic (exact) mass is 275 g/mol. The molecule has 2 aromatic rings. The van der Waals surface area contributed by atoms with Crippen LogP contribution in [0.3, 0.4) is 0 Å². The lowest BCUT2D eigenvalue weighted by atomic mass is 10.2. The summed E-state index contributed by atoms with van der Waals surface area (Å²) in [7, 11) is 0. The fourth-order valence-electron chi connectivity index (χ4n) is 1.86. The minimum Gasteiger partial charge on any atom is -0.477 e. The van der Waals surface area contributed by atoms with Crippen LogP contribution in [-0.4, -0.2) is 23.5 Å². The lowest BCUT2D eigenvalue weighted by Crippen LogP contribution is -2.41. The van der Waals surface area contributed by atoms with Gasteiger partial charge in [0.15, 0.2) is 11.2 Å². The molecule has 1 aromatic heterocycles. The van der Waals surface area contributed by atoms with Crippen LogP contribution >= 0.6 is 11.3 Å². The van der Waals surface area contributed by atoms with E-state index in [9.17, 15) is 4.79 Å². The smallest absolute Gasteiger partial charge is 0.269 e. The maximum atomic E-state index is 12.1. The molecule has 1 unspecified atom stereocenters. The number of rotatable bonds is 2. The zero-order valence-corrected chi connectivity index (χ0v) is 11.2. The molecule has 5 nitrogen and oxygen atoms in total. The number of hydrogen-bond acceptors (Lipinski definition) is 5. The molecule has 0 aliphatic carbocycles. The first-order chi connectivity index (χ1) is 9.22. The van der Waals surface area contributed by atoms with Crippen LogP contribution < -0.4 is 15.4 Å². The Hall–Kier alpha value is -2.08. The third kappa shape index (κ3) is 2.53. The predicted octanol–water partition coefficient (Wildman–Crippen LogP) is 2.26. The van der Waals surface area contributed by atoms with Crippen molar-refractivity contribution in [3.63, 3.8) is 0 Å². The van der Waals surface area contributed by atoms with Gasteiger partial charge in [0, 0.05) is 11.1 Å². The molecule has 2 N–H and O–H groups in total. The Morgan fingerprint density at radius 3 is 3.16 bits per heavy atom. The summed E-state index contributed by atoms with van der Waals surface area (Å²) >= 11 is 1.45. The average molecular weight is 275 g/mol. The minimum atomic E-state index is -0.542. The number of amides is 1. The second-order valence-electron chi connectivity index (χ2n) is 4.25. The number of carbonyl (C=O) groups is 1. The number of para-hydroxylation sites is 2. The van der Waals surface area contributed by atoms with Crippen molar-refractivity contribution in [1.82, 2.24) is 4.98 Å². The number of ether oxygens (including phenoxy) is 1.